The predicted octanol–water partition coefficient (Wildman–Crippen LogP) is 2.47. The van der Waals surface area contributed by atoms with Gasteiger partial charge in [-0.25, -0.2) is 4.68 Å². The van der Waals surface area contributed by atoms with Gasteiger partial charge in [-0.05, 0) is 18.9 Å². The molecular formula is C21H22N4O3. The summed E-state index contributed by atoms with van der Waals surface area (Å²) in [5, 5.41) is 7.28. The van der Waals surface area contributed by atoms with Crippen molar-refractivity contribution in [1.29, 1.82) is 0 Å². The third-order valence-electron chi connectivity index (χ3n) is 4.75. The van der Waals surface area contributed by atoms with Crippen LogP contribution in [0.5, 0.6) is 0 Å². The largest absolute Gasteiger partial charge is 0.460 e. The van der Waals surface area contributed by atoms with Gasteiger partial charge in [-0.2, -0.15) is 5.10 Å². The van der Waals surface area contributed by atoms with Crippen LogP contribution in [0.15, 0.2) is 51.7 Å². The first-order valence-corrected chi connectivity index (χ1v) is 9.39. The zero-order valence-corrected chi connectivity index (χ0v) is 15.9. The van der Waals surface area contributed by atoms with Crippen molar-refractivity contribution in [2.45, 2.75) is 33.2 Å². The van der Waals surface area contributed by atoms with E-state index in [4.69, 9.17) is 4.42 Å². The maximum Gasteiger partial charge on any atom is 0.291 e. The molecule has 1 N–H and O–H groups in total. The van der Waals surface area contributed by atoms with Crippen LogP contribution >= 0.6 is 0 Å². The Morgan fingerprint density at radius 1 is 1.18 bits per heavy atom. The molecular weight excluding hydrogens is 356 g/mol. The first-order chi connectivity index (χ1) is 13.6. The maximum absolute atomic E-state index is 12.8. The SMILES string of the molecule is CCc1nn(CC(=O)NCCc2ccccc2)c(=O)c2cc3oc(C)cc3n12. The van der Waals surface area contributed by atoms with E-state index in [0.29, 0.717) is 29.9 Å². The fourth-order valence-corrected chi connectivity index (χ4v) is 3.43. The third-order valence-corrected chi connectivity index (χ3v) is 4.75. The van der Waals surface area contributed by atoms with Gasteiger partial charge >= 0.3 is 0 Å². The Kier molecular flexibility index (Phi) is 4.73. The number of carbonyl (C=O) groups is 1. The number of nitrogens with zero attached hydrogens (tertiary/aromatic N) is 3. The van der Waals surface area contributed by atoms with Crippen LogP contribution in [0, 0.1) is 6.92 Å². The van der Waals surface area contributed by atoms with Gasteiger partial charge in [0.25, 0.3) is 5.56 Å². The summed E-state index contributed by atoms with van der Waals surface area (Å²) >= 11 is 0. The van der Waals surface area contributed by atoms with Crippen molar-refractivity contribution in [2.75, 3.05) is 6.54 Å². The molecule has 1 amide bonds. The molecule has 7 heteroatoms. The smallest absolute Gasteiger partial charge is 0.291 e. The second kappa shape index (κ2) is 7.34. The zero-order valence-electron chi connectivity index (χ0n) is 15.9. The number of aryl methyl sites for hydroxylation is 2. The van der Waals surface area contributed by atoms with Gasteiger partial charge in [-0.1, -0.05) is 37.3 Å². The number of hydrogen-bond acceptors (Lipinski definition) is 4. The van der Waals surface area contributed by atoms with Crippen molar-refractivity contribution in [1.82, 2.24) is 19.5 Å². The van der Waals surface area contributed by atoms with E-state index in [0.717, 1.165) is 23.3 Å². The molecule has 0 aliphatic rings. The quantitative estimate of drug-likeness (QED) is 0.559. The van der Waals surface area contributed by atoms with E-state index in [2.05, 4.69) is 10.4 Å². The highest BCUT2D eigenvalue weighted by Gasteiger charge is 2.17. The Bertz CT molecular complexity index is 1200. The van der Waals surface area contributed by atoms with Crippen molar-refractivity contribution in [3.63, 3.8) is 0 Å². The predicted molar refractivity (Wildman–Crippen MR) is 106 cm³/mol. The molecule has 0 bridgehead atoms. The van der Waals surface area contributed by atoms with E-state index in [1.54, 1.807) is 6.07 Å². The molecule has 0 aliphatic heterocycles. The van der Waals surface area contributed by atoms with Crippen molar-refractivity contribution >= 4 is 22.5 Å². The van der Waals surface area contributed by atoms with Gasteiger partial charge in [0.1, 0.15) is 23.6 Å². The van der Waals surface area contributed by atoms with Gasteiger partial charge in [0.05, 0.1) is 5.52 Å². The third kappa shape index (κ3) is 3.31. The van der Waals surface area contributed by atoms with Crippen molar-refractivity contribution in [3.8, 4) is 0 Å². The Labute approximate surface area is 161 Å². The van der Waals surface area contributed by atoms with Crippen molar-refractivity contribution < 1.29 is 9.21 Å². The van der Waals surface area contributed by atoms with Gasteiger partial charge in [0.2, 0.25) is 5.91 Å². The Morgan fingerprint density at radius 3 is 2.71 bits per heavy atom. The Morgan fingerprint density at radius 2 is 1.96 bits per heavy atom. The molecule has 0 fully saturated rings. The molecule has 0 unspecified atom stereocenters. The molecule has 1 aromatic carbocycles. The summed E-state index contributed by atoms with van der Waals surface area (Å²) in [7, 11) is 0. The lowest BCUT2D eigenvalue weighted by Gasteiger charge is -2.10. The zero-order chi connectivity index (χ0) is 19.7. The summed E-state index contributed by atoms with van der Waals surface area (Å²) in [6, 6.07) is 13.5. The van der Waals surface area contributed by atoms with Gasteiger partial charge < -0.3 is 9.73 Å². The second-order valence-electron chi connectivity index (χ2n) is 6.79. The van der Waals surface area contributed by atoms with Crippen molar-refractivity contribution in [3.05, 3.63) is 70.0 Å². The molecule has 0 spiro atoms. The van der Waals surface area contributed by atoms with Gasteiger partial charge in [-0.15, -0.1) is 0 Å². The lowest BCUT2D eigenvalue weighted by atomic mass is 10.1. The summed E-state index contributed by atoms with van der Waals surface area (Å²) < 4.78 is 8.70. The molecule has 4 rings (SSSR count). The first kappa shape index (κ1) is 18.0. The van der Waals surface area contributed by atoms with Crippen LogP contribution in [-0.4, -0.2) is 26.6 Å². The topological polar surface area (TPSA) is 81.5 Å². The minimum atomic E-state index is -0.306. The fourth-order valence-electron chi connectivity index (χ4n) is 3.43. The maximum atomic E-state index is 12.8. The van der Waals surface area contributed by atoms with Crippen LogP contribution in [-0.2, 0) is 24.2 Å². The monoisotopic (exact) mass is 378 g/mol. The molecule has 144 valence electrons. The molecule has 28 heavy (non-hydrogen) atoms. The fraction of sp³-hybridized carbons (Fsp3) is 0.286. The summed E-state index contributed by atoms with van der Waals surface area (Å²) in [6.45, 7) is 4.24. The number of hydrogen-bond donors (Lipinski definition) is 1. The number of benzene rings is 1. The molecule has 0 aliphatic carbocycles. The summed E-state index contributed by atoms with van der Waals surface area (Å²) in [6.07, 6.45) is 1.36. The van der Waals surface area contributed by atoms with E-state index in [1.165, 1.54) is 4.68 Å². The number of carbonyl (C=O) groups excluding carboxylic acids is 1. The number of furan rings is 1. The van der Waals surface area contributed by atoms with Crippen LogP contribution in [0.25, 0.3) is 16.6 Å². The van der Waals surface area contributed by atoms with E-state index in [1.807, 2.05) is 54.6 Å². The molecule has 4 aromatic rings. The molecule has 0 atom stereocenters. The second-order valence-corrected chi connectivity index (χ2v) is 6.79. The highest BCUT2D eigenvalue weighted by atomic mass is 16.3. The van der Waals surface area contributed by atoms with Crippen LogP contribution < -0.4 is 10.9 Å². The molecule has 3 heterocycles. The number of aromatic nitrogens is 3. The Balaban J connectivity index is 1.55. The standard InChI is InChI=1S/C21H22N4O3/c1-3-19-23-24(13-20(26)22-10-9-15-7-5-4-6-8-15)21(27)17-12-18-16(25(17)19)11-14(2)28-18/h4-8,11-12H,3,9-10,13H2,1-2H3,(H,22,26). The molecule has 7 nitrogen and oxygen atoms in total. The molecule has 0 saturated heterocycles. The minimum Gasteiger partial charge on any atom is -0.460 e. The number of fused-ring (bicyclic) bond motifs is 3. The normalized spacial score (nSPS) is 11.4. The Hall–Kier alpha value is -3.35. The lowest BCUT2D eigenvalue weighted by molar-refractivity contribution is -0.121. The summed E-state index contributed by atoms with van der Waals surface area (Å²) in [4.78, 5) is 25.2. The van der Waals surface area contributed by atoms with Gasteiger partial charge in [-0.3, -0.25) is 14.0 Å². The molecule has 0 radical (unpaired) electrons. The number of amides is 1. The van der Waals surface area contributed by atoms with E-state index < -0.39 is 0 Å². The minimum absolute atomic E-state index is 0.108. The van der Waals surface area contributed by atoms with E-state index in [-0.39, 0.29) is 18.0 Å². The summed E-state index contributed by atoms with van der Waals surface area (Å²) in [5.74, 6) is 1.26. The van der Waals surface area contributed by atoms with Crippen LogP contribution in [0.1, 0.15) is 24.1 Å². The summed E-state index contributed by atoms with van der Waals surface area (Å²) in [5.41, 5.74) is 2.79. The van der Waals surface area contributed by atoms with Crippen LogP contribution in [0.2, 0.25) is 0 Å². The van der Waals surface area contributed by atoms with Crippen LogP contribution in [0.3, 0.4) is 0 Å². The van der Waals surface area contributed by atoms with Crippen LogP contribution in [0.4, 0.5) is 0 Å². The number of nitrogens with one attached hydrogen (secondary N) is 1. The van der Waals surface area contributed by atoms with Gasteiger partial charge in [0.15, 0.2) is 5.58 Å². The lowest BCUT2D eigenvalue weighted by Crippen LogP contribution is -2.36. The average molecular weight is 378 g/mol. The molecule has 0 saturated carbocycles. The highest BCUT2D eigenvalue weighted by Crippen LogP contribution is 2.23. The van der Waals surface area contributed by atoms with Crippen molar-refractivity contribution in [2.24, 2.45) is 0 Å². The van der Waals surface area contributed by atoms with E-state index in [9.17, 15) is 9.59 Å². The highest BCUT2D eigenvalue weighted by molar-refractivity contribution is 5.83. The number of rotatable bonds is 6. The van der Waals surface area contributed by atoms with Gasteiger partial charge in [0, 0.05) is 25.1 Å². The first-order valence-electron chi connectivity index (χ1n) is 9.39. The van der Waals surface area contributed by atoms with E-state index >= 15 is 0 Å². The average Bonchev–Trinajstić information content (AvgIpc) is 3.21. The molecule has 3 aromatic heterocycles.